The van der Waals surface area contributed by atoms with Crippen LogP contribution >= 0.6 is 0 Å². The first-order valence-electron chi connectivity index (χ1n) is 6.81. The average molecular weight is 316 g/mol. The number of rotatable bonds is 5. The van der Waals surface area contributed by atoms with Crippen LogP contribution in [0.3, 0.4) is 0 Å². The minimum Gasteiger partial charge on any atom is -0.480 e. The highest BCUT2D eigenvalue weighted by molar-refractivity contribution is 7.87. The number of aliphatic carboxylic acids is 1. The van der Waals surface area contributed by atoms with Crippen molar-refractivity contribution in [2.45, 2.75) is 38.3 Å². The first kappa shape index (κ1) is 15.9. The zero-order chi connectivity index (χ0) is 15.6. The van der Waals surface area contributed by atoms with Crippen LogP contribution in [0.2, 0.25) is 0 Å². The number of piperidine rings is 1. The molecule has 0 radical (unpaired) electrons. The van der Waals surface area contributed by atoms with E-state index in [0.29, 0.717) is 12.1 Å². The van der Waals surface area contributed by atoms with Crippen molar-refractivity contribution in [1.29, 1.82) is 0 Å². The lowest BCUT2D eigenvalue weighted by molar-refractivity contribution is -0.139. The van der Waals surface area contributed by atoms with Gasteiger partial charge in [-0.3, -0.25) is 9.48 Å². The Labute approximate surface area is 123 Å². The summed E-state index contributed by atoms with van der Waals surface area (Å²) in [4.78, 5) is 11.4. The monoisotopic (exact) mass is 316 g/mol. The van der Waals surface area contributed by atoms with E-state index in [-0.39, 0.29) is 6.04 Å². The third-order valence-electron chi connectivity index (χ3n) is 3.62. The molecule has 1 aromatic heterocycles. The Hall–Kier alpha value is -1.45. The molecule has 1 saturated heterocycles. The molecule has 2 heterocycles. The van der Waals surface area contributed by atoms with Crippen LogP contribution in [0.5, 0.6) is 0 Å². The van der Waals surface area contributed by atoms with Gasteiger partial charge in [0.2, 0.25) is 0 Å². The van der Waals surface area contributed by atoms with Gasteiger partial charge in [0.05, 0.1) is 6.20 Å². The molecule has 0 aromatic carbocycles. The molecule has 0 amide bonds. The third kappa shape index (κ3) is 3.60. The summed E-state index contributed by atoms with van der Waals surface area (Å²) in [6.45, 7) is 2.24. The number of nitrogens with one attached hydrogen (secondary N) is 1. The molecule has 118 valence electrons. The molecule has 0 saturated carbocycles. The smallest absolute Gasteiger partial charge is 0.326 e. The first-order valence-corrected chi connectivity index (χ1v) is 8.25. The maximum absolute atomic E-state index is 12.4. The SMILES string of the molecule is CC1CCCCN1S(=O)(=O)NC(C(=O)O)c1cnn(C)c1. The van der Waals surface area contributed by atoms with E-state index in [1.807, 2.05) is 6.92 Å². The van der Waals surface area contributed by atoms with Gasteiger partial charge in [0.15, 0.2) is 0 Å². The summed E-state index contributed by atoms with van der Waals surface area (Å²) in [5.41, 5.74) is 0.304. The predicted molar refractivity (Wildman–Crippen MR) is 75.7 cm³/mol. The number of carbonyl (C=O) groups is 1. The van der Waals surface area contributed by atoms with E-state index in [1.54, 1.807) is 7.05 Å². The molecule has 9 heteroatoms. The summed E-state index contributed by atoms with van der Waals surface area (Å²) in [7, 11) is -2.21. The van der Waals surface area contributed by atoms with Crippen molar-refractivity contribution in [3.8, 4) is 0 Å². The van der Waals surface area contributed by atoms with E-state index in [4.69, 9.17) is 0 Å². The van der Waals surface area contributed by atoms with Gasteiger partial charge in [-0.15, -0.1) is 0 Å². The number of carboxylic acids is 1. The van der Waals surface area contributed by atoms with Crippen molar-refractivity contribution in [2.75, 3.05) is 6.54 Å². The van der Waals surface area contributed by atoms with Crippen LogP contribution in [0.25, 0.3) is 0 Å². The molecule has 21 heavy (non-hydrogen) atoms. The standard InChI is InChI=1S/C12H20N4O4S/c1-9-5-3-4-6-16(9)21(19,20)14-11(12(17)18)10-7-13-15(2)8-10/h7-9,11,14H,3-6H2,1-2H3,(H,17,18). The van der Waals surface area contributed by atoms with Gasteiger partial charge >= 0.3 is 5.97 Å². The highest BCUT2D eigenvalue weighted by atomic mass is 32.2. The largest absolute Gasteiger partial charge is 0.480 e. The Balaban J connectivity index is 2.21. The lowest BCUT2D eigenvalue weighted by Gasteiger charge is -2.33. The second-order valence-corrected chi connectivity index (χ2v) is 6.95. The van der Waals surface area contributed by atoms with Crippen LogP contribution in [0, 0.1) is 0 Å². The van der Waals surface area contributed by atoms with Gasteiger partial charge in [0, 0.05) is 31.4 Å². The van der Waals surface area contributed by atoms with Gasteiger partial charge in [-0.1, -0.05) is 6.42 Å². The summed E-state index contributed by atoms with van der Waals surface area (Å²) >= 11 is 0. The average Bonchev–Trinajstić information content (AvgIpc) is 2.82. The van der Waals surface area contributed by atoms with Crippen LogP contribution in [0.15, 0.2) is 12.4 Å². The number of aromatic nitrogens is 2. The Kier molecular flexibility index (Phi) is 4.64. The summed E-state index contributed by atoms with van der Waals surface area (Å²) < 4.78 is 29.9. The van der Waals surface area contributed by atoms with E-state index < -0.39 is 22.2 Å². The number of hydrogen-bond donors (Lipinski definition) is 2. The molecule has 8 nitrogen and oxygen atoms in total. The van der Waals surface area contributed by atoms with Crippen molar-refractivity contribution in [2.24, 2.45) is 7.05 Å². The van der Waals surface area contributed by atoms with Crippen LogP contribution in [-0.4, -0.2) is 46.2 Å². The molecule has 2 atom stereocenters. The lowest BCUT2D eigenvalue weighted by atomic mass is 10.1. The topological polar surface area (TPSA) is 105 Å². The Morgan fingerprint density at radius 1 is 1.52 bits per heavy atom. The number of aryl methyl sites for hydroxylation is 1. The molecule has 1 fully saturated rings. The minimum absolute atomic E-state index is 0.125. The van der Waals surface area contributed by atoms with E-state index >= 15 is 0 Å². The van der Waals surface area contributed by atoms with E-state index in [0.717, 1.165) is 19.3 Å². The highest BCUT2D eigenvalue weighted by Crippen LogP contribution is 2.21. The molecule has 1 aliphatic rings. The van der Waals surface area contributed by atoms with Crippen molar-refractivity contribution in [3.63, 3.8) is 0 Å². The molecular weight excluding hydrogens is 296 g/mol. The molecule has 0 spiro atoms. The zero-order valence-electron chi connectivity index (χ0n) is 12.1. The molecule has 2 rings (SSSR count). The van der Waals surface area contributed by atoms with Gasteiger partial charge in [0.25, 0.3) is 10.2 Å². The van der Waals surface area contributed by atoms with Gasteiger partial charge in [-0.25, -0.2) is 0 Å². The fourth-order valence-corrected chi connectivity index (χ4v) is 4.11. The number of hydrogen-bond acceptors (Lipinski definition) is 4. The molecule has 0 bridgehead atoms. The Bertz CT molecular complexity index is 613. The third-order valence-corrected chi connectivity index (χ3v) is 5.32. The molecule has 0 aliphatic carbocycles. The zero-order valence-corrected chi connectivity index (χ0v) is 12.9. The maximum Gasteiger partial charge on any atom is 0.326 e. The normalized spacial score (nSPS) is 22.1. The summed E-state index contributed by atoms with van der Waals surface area (Å²) in [5, 5.41) is 13.2. The summed E-state index contributed by atoms with van der Waals surface area (Å²) in [5.74, 6) is -1.25. The summed E-state index contributed by atoms with van der Waals surface area (Å²) in [6, 6.07) is -1.46. The second-order valence-electron chi connectivity index (χ2n) is 5.30. The van der Waals surface area contributed by atoms with Crippen molar-refractivity contribution < 1.29 is 18.3 Å². The number of nitrogens with zero attached hydrogens (tertiary/aromatic N) is 3. The molecule has 1 aromatic rings. The Morgan fingerprint density at radius 3 is 2.76 bits per heavy atom. The van der Waals surface area contributed by atoms with Crippen LogP contribution in [0.1, 0.15) is 37.8 Å². The maximum atomic E-state index is 12.4. The fraction of sp³-hybridized carbons (Fsp3) is 0.667. The summed E-state index contributed by atoms with van der Waals surface area (Å²) in [6.07, 6.45) is 5.39. The Morgan fingerprint density at radius 2 is 2.24 bits per heavy atom. The molecule has 1 aliphatic heterocycles. The van der Waals surface area contributed by atoms with Crippen LogP contribution in [0.4, 0.5) is 0 Å². The van der Waals surface area contributed by atoms with E-state index in [9.17, 15) is 18.3 Å². The first-order chi connectivity index (χ1) is 9.81. The second kappa shape index (κ2) is 6.12. The van der Waals surface area contributed by atoms with Gasteiger partial charge < -0.3 is 5.11 Å². The van der Waals surface area contributed by atoms with Gasteiger partial charge in [-0.2, -0.15) is 22.5 Å². The van der Waals surface area contributed by atoms with Crippen LogP contribution < -0.4 is 4.72 Å². The number of carboxylic acid groups (broad SMARTS) is 1. The fourth-order valence-electron chi connectivity index (χ4n) is 2.50. The van der Waals surface area contributed by atoms with Crippen molar-refractivity contribution >= 4 is 16.2 Å². The van der Waals surface area contributed by atoms with Gasteiger partial charge in [-0.05, 0) is 19.8 Å². The highest BCUT2D eigenvalue weighted by Gasteiger charge is 2.34. The van der Waals surface area contributed by atoms with Gasteiger partial charge in [0.1, 0.15) is 6.04 Å². The van der Waals surface area contributed by atoms with E-state index in [1.165, 1.54) is 21.4 Å². The quantitative estimate of drug-likeness (QED) is 0.810. The molecule has 2 unspecified atom stereocenters. The van der Waals surface area contributed by atoms with E-state index in [2.05, 4.69) is 9.82 Å². The molecule has 2 N–H and O–H groups in total. The van der Waals surface area contributed by atoms with Crippen molar-refractivity contribution in [3.05, 3.63) is 18.0 Å². The van der Waals surface area contributed by atoms with Crippen LogP contribution in [-0.2, 0) is 22.1 Å². The van der Waals surface area contributed by atoms with Crippen molar-refractivity contribution in [1.82, 2.24) is 18.8 Å². The molecular formula is C12H20N4O4S. The predicted octanol–water partition coefficient (Wildman–Crippen LogP) is 0.255. The lowest BCUT2D eigenvalue weighted by Crippen LogP contribution is -2.49. The minimum atomic E-state index is -3.85.